The number of hydrogen-bond acceptors (Lipinski definition) is 5. The van der Waals surface area contributed by atoms with Crippen LogP contribution >= 0.6 is 0 Å². The van der Waals surface area contributed by atoms with Crippen molar-refractivity contribution in [1.29, 1.82) is 0 Å². The van der Waals surface area contributed by atoms with E-state index in [0.29, 0.717) is 17.4 Å². The molecule has 0 amide bonds. The van der Waals surface area contributed by atoms with Crippen LogP contribution in [0.15, 0.2) is 103 Å². The van der Waals surface area contributed by atoms with Crippen molar-refractivity contribution in [2.24, 2.45) is 0 Å². The van der Waals surface area contributed by atoms with Crippen LogP contribution in [0, 0.1) is 0 Å². The number of benzene rings is 4. The molecule has 1 heterocycles. The van der Waals surface area contributed by atoms with Crippen molar-refractivity contribution >= 4 is 22.7 Å². The molecule has 268 valence electrons. The zero-order chi connectivity index (χ0) is 37.4. The van der Waals surface area contributed by atoms with E-state index in [4.69, 9.17) is 9.47 Å². The summed E-state index contributed by atoms with van der Waals surface area (Å²) in [5, 5.41) is 3.77. The molecule has 0 atom stereocenters. The maximum atomic E-state index is 6.59. The molecule has 5 rings (SSSR count). The predicted molar refractivity (Wildman–Crippen MR) is 216 cm³/mol. The maximum Gasteiger partial charge on any atom is 0.219 e. The van der Waals surface area contributed by atoms with Gasteiger partial charge in [-0.2, -0.15) is 0 Å². The van der Waals surface area contributed by atoms with Gasteiger partial charge in [0.15, 0.2) is 0 Å². The van der Waals surface area contributed by atoms with Gasteiger partial charge in [0.2, 0.25) is 5.88 Å². The lowest BCUT2D eigenvalue weighted by Gasteiger charge is -2.27. The zero-order valence-electron chi connectivity index (χ0n) is 33.0. The number of aromatic nitrogens is 1. The third kappa shape index (κ3) is 9.52. The van der Waals surface area contributed by atoms with E-state index in [1.54, 1.807) is 0 Å². The molecule has 0 spiro atoms. The van der Waals surface area contributed by atoms with Crippen LogP contribution in [0.25, 0.3) is 0 Å². The second-order valence-corrected chi connectivity index (χ2v) is 17.8. The molecule has 0 saturated heterocycles. The highest BCUT2D eigenvalue weighted by Crippen LogP contribution is 2.40. The third-order valence-corrected chi connectivity index (χ3v) is 9.24. The number of nitrogens with zero attached hydrogens (tertiary/aromatic N) is 2. The van der Waals surface area contributed by atoms with Gasteiger partial charge in [-0.05, 0) is 98.5 Å². The van der Waals surface area contributed by atoms with E-state index in [2.05, 4.69) is 172 Å². The Morgan fingerprint density at radius 2 is 1.10 bits per heavy atom. The fourth-order valence-corrected chi connectivity index (χ4v) is 5.82. The van der Waals surface area contributed by atoms with Crippen molar-refractivity contribution in [2.75, 3.05) is 17.3 Å². The van der Waals surface area contributed by atoms with E-state index in [1.165, 1.54) is 16.7 Å². The van der Waals surface area contributed by atoms with E-state index in [9.17, 15) is 0 Å². The van der Waals surface area contributed by atoms with Gasteiger partial charge in [-0.3, -0.25) is 0 Å². The van der Waals surface area contributed by atoms with Gasteiger partial charge in [0.1, 0.15) is 17.2 Å². The molecule has 1 N–H and O–H groups in total. The Morgan fingerprint density at radius 3 is 1.75 bits per heavy atom. The van der Waals surface area contributed by atoms with Crippen molar-refractivity contribution in [1.82, 2.24) is 4.98 Å². The average Bonchev–Trinajstić information content (AvgIpc) is 3.03. The topological polar surface area (TPSA) is 46.6 Å². The molecule has 0 radical (unpaired) electrons. The van der Waals surface area contributed by atoms with Crippen molar-refractivity contribution < 1.29 is 9.47 Å². The molecule has 1 aromatic heterocycles. The van der Waals surface area contributed by atoms with E-state index in [1.807, 2.05) is 36.5 Å². The summed E-state index contributed by atoms with van der Waals surface area (Å²) in [6, 6.07) is 33.8. The van der Waals surface area contributed by atoms with Crippen LogP contribution in [-0.4, -0.2) is 12.0 Å². The summed E-state index contributed by atoms with van der Waals surface area (Å²) in [5.41, 5.74) is 8.96. The Balaban J connectivity index is 1.47. The van der Waals surface area contributed by atoms with Crippen molar-refractivity contribution in [3.63, 3.8) is 0 Å². The molecular weight excluding hydrogens is 627 g/mol. The Kier molecular flexibility index (Phi) is 10.4. The van der Waals surface area contributed by atoms with E-state index in [0.717, 1.165) is 34.1 Å². The molecule has 0 saturated carbocycles. The summed E-state index contributed by atoms with van der Waals surface area (Å²) in [7, 11) is 2.10. The number of rotatable bonds is 8. The molecule has 0 aliphatic rings. The summed E-state index contributed by atoms with van der Waals surface area (Å²) in [4.78, 5) is 6.72. The normalized spacial score (nSPS) is 12.4. The molecule has 5 nitrogen and oxygen atoms in total. The Labute approximate surface area is 307 Å². The number of nitrogens with one attached hydrogen (secondary N) is 1. The summed E-state index contributed by atoms with van der Waals surface area (Å²) in [6.07, 6.45) is 1.81. The fraction of sp³-hybridized carbons (Fsp3) is 0.370. The van der Waals surface area contributed by atoms with E-state index in [-0.39, 0.29) is 21.7 Å². The molecule has 5 heteroatoms. The van der Waals surface area contributed by atoms with Gasteiger partial charge in [0.05, 0.1) is 11.4 Å². The highest BCUT2D eigenvalue weighted by Gasteiger charge is 2.21. The SMILES string of the molecule is CN(c1cccc(Oc2cc(Oc3cc(C(C)(C)C)ccn3)cc(C(C)(C)C)c2)c1)c1ccc(C(C)(C)C)cc1Nc1cccc(C(C)(C)C)c1. The highest BCUT2D eigenvalue weighted by atomic mass is 16.5. The molecule has 0 unspecified atom stereocenters. The predicted octanol–water partition coefficient (Wildman–Crippen LogP) is 13.4. The number of pyridine rings is 1. The first-order chi connectivity index (χ1) is 23.7. The van der Waals surface area contributed by atoms with Gasteiger partial charge in [-0.1, -0.05) is 107 Å². The first-order valence-corrected chi connectivity index (χ1v) is 18.0. The Bertz CT molecular complexity index is 1980. The quantitative estimate of drug-likeness (QED) is 0.176. The van der Waals surface area contributed by atoms with Crippen molar-refractivity contribution in [2.45, 2.75) is 105 Å². The molecule has 0 aliphatic carbocycles. The minimum Gasteiger partial charge on any atom is -0.457 e. The Hall–Kier alpha value is -4.77. The molecule has 5 aromatic rings. The standard InChI is InChI=1S/C46H57N3O2/c1-43(2,3)31-16-14-17-35(24-31)48-40-27-32(44(4,5)6)20-21-41(40)49(13)36-18-15-19-37(29-36)50-38-25-34(46(10,11)12)26-39(30-38)51-42-28-33(22-23-47-42)45(7,8)9/h14-30,48H,1-13H3. The summed E-state index contributed by atoms with van der Waals surface area (Å²) < 4.78 is 13.0. The monoisotopic (exact) mass is 683 g/mol. The molecule has 4 aromatic carbocycles. The number of anilines is 4. The highest BCUT2D eigenvalue weighted by molar-refractivity contribution is 5.81. The van der Waals surface area contributed by atoms with Crippen LogP contribution in [0.1, 0.15) is 105 Å². The lowest BCUT2D eigenvalue weighted by Crippen LogP contribution is -2.15. The first kappa shape index (κ1) is 37.5. The second kappa shape index (κ2) is 14.1. The molecule has 0 aliphatic heterocycles. The van der Waals surface area contributed by atoms with Crippen LogP contribution < -0.4 is 19.7 Å². The van der Waals surface area contributed by atoms with Gasteiger partial charge in [0.25, 0.3) is 0 Å². The summed E-state index contributed by atoms with van der Waals surface area (Å²) in [5.74, 6) is 2.70. The molecule has 0 bridgehead atoms. The smallest absolute Gasteiger partial charge is 0.219 e. The summed E-state index contributed by atoms with van der Waals surface area (Å²) >= 11 is 0. The second-order valence-electron chi connectivity index (χ2n) is 17.8. The number of ether oxygens (including phenoxy) is 2. The van der Waals surface area contributed by atoms with Gasteiger partial charge < -0.3 is 19.7 Å². The van der Waals surface area contributed by atoms with Gasteiger partial charge >= 0.3 is 0 Å². The third-order valence-electron chi connectivity index (χ3n) is 9.24. The lowest BCUT2D eigenvalue weighted by molar-refractivity contribution is 0.441. The van der Waals surface area contributed by atoms with Crippen LogP contribution in [0.2, 0.25) is 0 Å². The van der Waals surface area contributed by atoms with Gasteiger partial charge in [0, 0.05) is 42.8 Å². The summed E-state index contributed by atoms with van der Waals surface area (Å²) in [6.45, 7) is 26.6. The van der Waals surface area contributed by atoms with Crippen LogP contribution in [0.4, 0.5) is 22.7 Å². The molecule has 51 heavy (non-hydrogen) atoms. The number of hydrogen-bond donors (Lipinski definition) is 1. The molecular formula is C46H57N3O2. The van der Waals surface area contributed by atoms with E-state index < -0.39 is 0 Å². The average molecular weight is 684 g/mol. The maximum absolute atomic E-state index is 6.59. The van der Waals surface area contributed by atoms with Crippen LogP contribution in [0.3, 0.4) is 0 Å². The first-order valence-electron chi connectivity index (χ1n) is 18.0. The van der Waals surface area contributed by atoms with Crippen molar-refractivity contribution in [3.8, 4) is 23.1 Å². The van der Waals surface area contributed by atoms with Crippen LogP contribution in [-0.2, 0) is 21.7 Å². The van der Waals surface area contributed by atoms with Gasteiger partial charge in [-0.25, -0.2) is 4.98 Å². The van der Waals surface area contributed by atoms with Crippen LogP contribution in [0.5, 0.6) is 23.1 Å². The van der Waals surface area contributed by atoms with Gasteiger partial charge in [-0.15, -0.1) is 0 Å². The lowest BCUT2D eigenvalue weighted by atomic mass is 9.86. The molecule has 0 fully saturated rings. The van der Waals surface area contributed by atoms with E-state index >= 15 is 0 Å². The Morgan fingerprint density at radius 1 is 0.510 bits per heavy atom. The minimum atomic E-state index is -0.116. The largest absolute Gasteiger partial charge is 0.457 e. The van der Waals surface area contributed by atoms with Crippen molar-refractivity contribution in [3.05, 3.63) is 126 Å². The minimum absolute atomic E-state index is 0.00413. The zero-order valence-corrected chi connectivity index (χ0v) is 33.0. The fourth-order valence-electron chi connectivity index (χ4n) is 5.82.